The normalized spacial score (nSPS) is 10.3. The second-order valence-electron chi connectivity index (χ2n) is 3.93. The third kappa shape index (κ3) is 2.99. The summed E-state index contributed by atoms with van der Waals surface area (Å²) in [5.74, 6) is 0.452. The van der Waals surface area contributed by atoms with E-state index in [2.05, 4.69) is 0 Å². The maximum Gasteiger partial charge on any atom is 0.165 e. The van der Waals surface area contributed by atoms with E-state index in [1.807, 2.05) is 13.0 Å². The van der Waals surface area contributed by atoms with Gasteiger partial charge in [-0.15, -0.1) is 0 Å². The van der Waals surface area contributed by atoms with Crippen molar-refractivity contribution in [3.8, 4) is 22.6 Å². The summed E-state index contributed by atoms with van der Waals surface area (Å²) in [4.78, 5) is 0. The van der Waals surface area contributed by atoms with E-state index in [1.165, 1.54) is 13.2 Å². The second-order valence-corrected chi connectivity index (χ2v) is 4.33. The van der Waals surface area contributed by atoms with Crippen molar-refractivity contribution in [2.45, 2.75) is 6.92 Å². The summed E-state index contributed by atoms with van der Waals surface area (Å²) in [5.41, 5.74) is 1.57. The molecule has 0 heterocycles. The van der Waals surface area contributed by atoms with Gasteiger partial charge in [-0.1, -0.05) is 23.7 Å². The lowest BCUT2D eigenvalue weighted by atomic mass is 10.1. The van der Waals surface area contributed by atoms with Crippen LogP contribution in [0.15, 0.2) is 36.4 Å². The zero-order chi connectivity index (χ0) is 13.8. The Bertz CT molecular complexity index is 584. The van der Waals surface area contributed by atoms with Crippen LogP contribution in [0.25, 0.3) is 11.1 Å². The minimum Gasteiger partial charge on any atom is -0.494 e. The van der Waals surface area contributed by atoms with Gasteiger partial charge in [0, 0.05) is 0 Å². The zero-order valence-corrected chi connectivity index (χ0v) is 11.5. The van der Waals surface area contributed by atoms with Crippen LogP contribution >= 0.6 is 11.6 Å². The molecule has 0 aromatic heterocycles. The largest absolute Gasteiger partial charge is 0.494 e. The Balaban J connectivity index is 2.36. The molecule has 0 bridgehead atoms. The summed E-state index contributed by atoms with van der Waals surface area (Å²) in [5, 5.41) is 0.510. The Morgan fingerprint density at radius 1 is 1.05 bits per heavy atom. The van der Waals surface area contributed by atoms with Crippen molar-refractivity contribution in [3.05, 3.63) is 47.2 Å². The van der Waals surface area contributed by atoms with Crippen LogP contribution in [0.3, 0.4) is 0 Å². The fraction of sp³-hybridized carbons (Fsp3) is 0.200. The molecule has 0 amide bonds. The Hall–Kier alpha value is -1.74. The van der Waals surface area contributed by atoms with Gasteiger partial charge in [0.25, 0.3) is 0 Å². The van der Waals surface area contributed by atoms with Crippen LogP contribution in [0.4, 0.5) is 4.39 Å². The molecule has 100 valence electrons. The lowest BCUT2D eigenvalue weighted by Gasteiger charge is -2.09. The Kier molecular flexibility index (Phi) is 4.27. The van der Waals surface area contributed by atoms with Gasteiger partial charge < -0.3 is 9.47 Å². The number of halogens is 2. The molecule has 2 aromatic rings. The van der Waals surface area contributed by atoms with E-state index in [1.54, 1.807) is 24.3 Å². The molecular formula is C15H14ClFO2. The molecule has 0 aliphatic carbocycles. The van der Waals surface area contributed by atoms with Crippen LogP contribution in [0.5, 0.6) is 11.5 Å². The number of methoxy groups -OCH3 is 1. The summed E-state index contributed by atoms with van der Waals surface area (Å²) in [7, 11) is 1.44. The predicted molar refractivity (Wildman–Crippen MR) is 74.6 cm³/mol. The highest BCUT2D eigenvalue weighted by atomic mass is 35.5. The van der Waals surface area contributed by atoms with Gasteiger partial charge in [-0.2, -0.15) is 0 Å². The van der Waals surface area contributed by atoms with Gasteiger partial charge in [0.05, 0.1) is 18.7 Å². The van der Waals surface area contributed by atoms with Crippen LogP contribution in [0.1, 0.15) is 6.92 Å². The fourth-order valence-corrected chi connectivity index (χ4v) is 2.03. The Morgan fingerprint density at radius 3 is 2.21 bits per heavy atom. The van der Waals surface area contributed by atoms with Gasteiger partial charge in [-0.3, -0.25) is 0 Å². The minimum absolute atomic E-state index is 0.223. The lowest BCUT2D eigenvalue weighted by Crippen LogP contribution is -1.92. The van der Waals surface area contributed by atoms with E-state index in [9.17, 15) is 4.39 Å². The van der Waals surface area contributed by atoms with Crippen LogP contribution in [-0.2, 0) is 0 Å². The summed E-state index contributed by atoms with van der Waals surface area (Å²) >= 11 is 6.11. The summed E-state index contributed by atoms with van der Waals surface area (Å²) in [6, 6.07) is 10.2. The van der Waals surface area contributed by atoms with Gasteiger partial charge in [0.2, 0.25) is 0 Å². The van der Waals surface area contributed by atoms with Crippen LogP contribution in [0, 0.1) is 5.82 Å². The molecule has 4 heteroatoms. The lowest BCUT2D eigenvalue weighted by molar-refractivity contribution is 0.340. The molecule has 0 saturated heterocycles. The van der Waals surface area contributed by atoms with Crippen molar-refractivity contribution in [2.24, 2.45) is 0 Å². The Labute approximate surface area is 116 Å². The third-order valence-electron chi connectivity index (χ3n) is 2.72. The second kappa shape index (κ2) is 5.93. The van der Waals surface area contributed by atoms with E-state index in [4.69, 9.17) is 21.1 Å². The summed E-state index contributed by atoms with van der Waals surface area (Å²) in [6.07, 6.45) is 0. The molecule has 0 fully saturated rings. The minimum atomic E-state index is -0.398. The molecule has 2 aromatic carbocycles. The molecular weight excluding hydrogens is 267 g/mol. The van der Waals surface area contributed by atoms with Gasteiger partial charge in [0.1, 0.15) is 5.75 Å². The fourth-order valence-electron chi connectivity index (χ4n) is 1.80. The average Bonchev–Trinajstić information content (AvgIpc) is 2.41. The molecule has 0 saturated carbocycles. The van der Waals surface area contributed by atoms with Gasteiger partial charge in [-0.05, 0) is 42.3 Å². The molecule has 0 aliphatic heterocycles. The first-order chi connectivity index (χ1) is 9.15. The Morgan fingerprint density at radius 2 is 1.68 bits per heavy atom. The van der Waals surface area contributed by atoms with Crippen molar-refractivity contribution in [2.75, 3.05) is 13.7 Å². The van der Waals surface area contributed by atoms with Gasteiger partial charge in [0.15, 0.2) is 11.6 Å². The number of rotatable bonds is 4. The van der Waals surface area contributed by atoms with Crippen molar-refractivity contribution >= 4 is 11.6 Å². The molecule has 0 N–H and O–H groups in total. The highest BCUT2D eigenvalue weighted by Gasteiger charge is 2.08. The van der Waals surface area contributed by atoms with Crippen molar-refractivity contribution < 1.29 is 13.9 Å². The molecule has 0 radical (unpaired) electrons. The van der Waals surface area contributed by atoms with Crippen LogP contribution in [-0.4, -0.2) is 13.7 Å². The molecule has 0 unspecified atom stereocenters. The highest BCUT2D eigenvalue weighted by Crippen LogP contribution is 2.32. The standard InChI is InChI=1S/C15H14ClFO2/c1-3-19-14-6-4-10(8-12(14)16)11-5-7-15(18-2)13(17)9-11/h4-9H,3H2,1-2H3. The summed E-state index contributed by atoms with van der Waals surface area (Å²) in [6.45, 7) is 2.44. The topological polar surface area (TPSA) is 18.5 Å². The number of benzene rings is 2. The summed E-state index contributed by atoms with van der Waals surface area (Å²) < 4.78 is 23.9. The first-order valence-corrected chi connectivity index (χ1v) is 6.29. The quantitative estimate of drug-likeness (QED) is 0.818. The maximum atomic E-state index is 13.7. The van der Waals surface area contributed by atoms with E-state index in [0.717, 1.165) is 11.1 Å². The molecule has 0 spiro atoms. The van der Waals surface area contributed by atoms with Crippen LogP contribution < -0.4 is 9.47 Å². The number of hydrogen-bond donors (Lipinski definition) is 0. The maximum absolute atomic E-state index is 13.7. The molecule has 0 aliphatic rings. The molecule has 0 atom stereocenters. The smallest absolute Gasteiger partial charge is 0.165 e. The first-order valence-electron chi connectivity index (χ1n) is 5.92. The first kappa shape index (κ1) is 13.7. The number of hydrogen-bond acceptors (Lipinski definition) is 2. The van der Waals surface area contributed by atoms with E-state index >= 15 is 0 Å². The molecule has 19 heavy (non-hydrogen) atoms. The zero-order valence-electron chi connectivity index (χ0n) is 10.7. The van der Waals surface area contributed by atoms with Gasteiger partial charge >= 0.3 is 0 Å². The van der Waals surface area contributed by atoms with Crippen molar-refractivity contribution in [1.29, 1.82) is 0 Å². The van der Waals surface area contributed by atoms with Gasteiger partial charge in [-0.25, -0.2) is 4.39 Å². The molecule has 2 rings (SSSR count). The van der Waals surface area contributed by atoms with Crippen LogP contribution in [0.2, 0.25) is 5.02 Å². The van der Waals surface area contributed by atoms with E-state index in [0.29, 0.717) is 17.4 Å². The SMILES string of the molecule is CCOc1ccc(-c2ccc(OC)c(F)c2)cc1Cl. The third-order valence-corrected chi connectivity index (χ3v) is 3.01. The van der Waals surface area contributed by atoms with E-state index in [-0.39, 0.29) is 5.75 Å². The number of ether oxygens (including phenoxy) is 2. The predicted octanol–water partition coefficient (Wildman–Crippen LogP) is 4.55. The molecule has 2 nitrogen and oxygen atoms in total. The monoisotopic (exact) mass is 280 g/mol. The van der Waals surface area contributed by atoms with Crippen molar-refractivity contribution in [1.82, 2.24) is 0 Å². The van der Waals surface area contributed by atoms with E-state index < -0.39 is 5.82 Å². The average molecular weight is 281 g/mol. The van der Waals surface area contributed by atoms with Crippen molar-refractivity contribution in [3.63, 3.8) is 0 Å². The highest BCUT2D eigenvalue weighted by molar-refractivity contribution is 6.32.